The predicted octanol–water partition coefficient (Wildman–Crippen LogP) is 5.73. The fourth-order valence-electron chi connectivity index (χ4n) is 2.50. The number of pyridine rings is 2. The topological polar surface area (TPSA) is 168 Å². The second kappa shape index (κ2) is 17.4. The summed E-state index contributed by atoms with van der Waals surface area (Å²) in [5.74, 6) is 0.626. The van der Waals surface area contributed by atoms with E-state index < -0.39 is 11.9 Å². The molecule has 0 unspecified atom stereocenters. The number of nitrogens with zero attached hydrogens (tertiary/aromatic N) is 6. The Hall–Kier alpha value is -3.43. The summed E-state index contributed by atoms with van der Waals surface area (Å²) in [4.78, 5) is 46.0. The van der Waals surface area contributed by atoms with E-state index in [1.165, 1.54) is 56.2 Å². The van der Waals surface area contributed by atoms with Crippen molar-refractivity contribution in [3.63, 3.8) is 0 Å². The van der Waals surface area contributed by atoms with E-state index in [9.17, 15) is 9.59 Å². The Morgan fingerprint density at radius 3 is 1.66 bits per heavy atom. The highest BCUT2D eigenvalue weighted by atomic mass is 35.5. The molecule has 0 aliphatic heterocycles. The van der Waals surface area contributed by atoms with Crippen molar-refractivity contribution in [1.82, 2.24) is 29.9 Å². The maximum Gasteiger partial charge on any atom is 0.339 e. The second-order valence-corrected chi connectivity index (χ2v) is 9.78. The zero-order chi connectivity index (χ0) is 30.4. The summed E-state index contributed by atoms with van der Waals surface area (Å²) in [6.45, 7) is 0. The molecule has 0 saturated heterocycles. The average Bonchev–Trinajstić information content (AvgIpc) is 2.97. The van der Waals surface area contributed by atoms with Gasteiger partial charge in [0.05, 0.1) is 25.3 Å². The van der Waals surface area contributed by atoms with Gasteiger partial charge < -0.3 is 20.5 Å². The average molecular weight is 658 g/mol. The molecular formula is C24H23Cl3N8O4S2. The molecule has 3 N–H and O–H groups in total. The van der Waals surface area contributed by atoms with Crippen molar-refractivity contribution in [2.45, 2.75) is 10.3 Å². The highest BCUT2D eigenvalue weighted by Gasteiger charge is 2.07. The molecule has 41 heavy (non-hydrogen) atoms. The fraction of sp³-hybridized carbons (Fsp3) is 0.167. The quantitative estimate of drug-likeness (QED) is 0.112. The van der Waals surface area contributed by atoms with E-state index in [1.807, 2.05) is 12.5 Å². The number of aromatic nitrogens is 6. The van der Waals surface area contributed by atoms with Crippen molar-refractivity contribution in [3.05, 3.63) is 75.4 Å². The van der Waals surface area contributed by atoms with E-state index in [1.54, 1.807) is 30.3 Å². The summed E-state index contributed by atoms with van der Waals surface area (Å²) in [5, 5.41) is 5.25. The van der Waals surface area contributed by atoms with Crippen LogP contribution in [0.4, 0.5) is 17.5 Å². The molecule has 0 fully saturated rings. The third-order valence-electron chi connectivity index (χ3n) is 4.33. The SMILES string of the molecule is COC(=O)c1ccc(N)nc1.COC(=O)c1ccc(Nc2cc(Cl)nc(SC)n2)nc1.CSc1nc(Cl)cc(Cl)n1. The minimum Gasteiger partial charge on any atom is -0.465 e. The molecule has 4 aromatic rings. The van der Waals surface area contributed by atoms with Crippen molar-refractivity contribution in [2.75, 3.05) is 37.8 Å². The van der Waals surface area contributed by atoms with Crippen LogP contribution in [-0.4, -0.2) is 68.6 Å². The lowest BCUT2D eigenvalue weighted by atomic mass is 10.3. The second-order valence-electron chi connectivity index (χ2n) is 7.07. The smallest absolute Gasteiger partial charge is 0.339 e. The molecule has 17 heteroatoms. The molecule has 12 nitrogen and oxygen atoms in total. The van der Waals surface area contributed by atoms with Gasteiger partial charge in [-0.3, -0.25) is 0 Å². The van der Waals surface area contributed by atoms with Crippen LogP contribution in [-0.2, 0) is 9.47 Å². The van der Waals surface area contributed by atoms with E-state index >= 15 is 0 Å². The highest BCUT2D eigenvalue weighted by molar-refractivity contribution is 7.98. The number of anilines is 3. The van der Waals surface area contributed by atoms with Gasteiger partial charge in [0, 0.05) is 24.5 Å². The molecule has 0 atom stereocenters. The molecule has 0 bridgehead atoms. The Labute approximate surface area is 259 Å². The molecule has 0 amide bonds. The van der Waals surface area contributed by atoms with Gasteiger partial charge in [-0.15, -0.1) is 0 Å². The summed E-state index contributed by atoms with van der Waals surface area (Å²) in [7, 11) is 2.64. The summed E-state index contributed by atoms with van der Waals surface area (Å²) >= 11 is 19.8. The molecule has 0 radical (unpaired) electrons. The first-order chi connectivity index (χ1) is 19.6. The number of ether oxygens (including phenoxy) is 2. The van der Waals surface area contributed by atoms with Crippen LogP contribution in [0.5, 0.6) is 0 Å². The Bertz CT molecular complexity index is 1430. The first-order valence-electron chi connectivity index (χ1n) is 11.0. The monoisotopic (exact) mass is 656 g/mol. The number of methoxy groups -OCH3 is 2. The molecule has 0 aliphatic carbocycles. The van der Waals surface area contributed by atoms with Crippen molar-refractivity contribution >= 4 is 87.7 Å². The summed E-state index contributed by atoms with van der Waals surface area (Å²) in [6.07, 6.45) is 6.52. The molecule has 0 aliphatic rings. The Balaban J connectivity index is 0.000000236. The number of thioether (sulfide) groups is 2. The van der Waals surface area contributed by atoms with Crippen LogP contribution < -0.4 is 11.1 Å². The van der Waals surface area contributed by atoms with Gasteiger partial charge in [0.25, 0.3) is 0 Å². The molecule has 0 aromatic carbocycles. The van der Waals surface area contributed by atoms with Crippen molar-refractivity contribution in [2.24, 2.45) is 0 Å². The number of hydrogen-bond acceptors (Lipinski definition) is 14. The predicted molar refractivity (Wildman–Crippen MR) is 162 cm³/mol. The van der Waals surface area contributed by atoms with E-state index in [0.717, 1.165) is 0 Å². The maximum absolute atomic E-state index is 11.3. The van der Waals surface area contributed by atoms with Gasteiger partial charge >= 0.3 is 11.9 Å². The van der Waals surface area contributed by atoms with Gasteiger partial charge in [-0.1, -0.05) is 58.3 Å². The van der Waals surface area contributed by atoms with Crippen LogP contribution in [0.15, 0.2) is 59.1 Å². The largest absolute Gasteiger partial charge is 0.465 e. The van der Waals surface area contributed by atoms with Gasteiger partial charge in [0.1, 0.15) is 32.9 Å². The van der Waals surface area contributed by atoms with Crippen LogP contribution in [0.25, 0.3) is 0 Å². The molecule has 0 spiro atoms. The fourth-order valence-corrected chi connectivity index (χ4v) is 4.01. The summed E-state index contributed by atoms with van der Waals surface area (Å²) in [5.41, 5.74) is 6.09. The normalized spacial score (nSPS) is 9.83. The number of hydrogen-bond donors (Lipinski definition) is 2. The Morgan fingerprint density at radius 1 is 0.732 bits per heavy atom. The van der Waals surface area contributed by atoms with Crippen molar-refractivity contribution < 1.29 is 19.1 Å². The van der Waals surface area contributed by atoms with E-state index in [0.29, 0.717) is 54.4 Å². The number of carbonyl (C=O) groups excluding carboxylic acids is 2. The Kier molecular flexibility index (Phi) is 14.3. The lowest BCUT2D eigenvalue weighted by molar-refractivity contribution is 0.0591. The van der Waals surface area contributed by atoms with Crippen LogP contribution >= 0.6 is 58.3 Å². The minimum absolute atomic E-state index is 0.345. The molecule has 0 saturated carbocycles. The van der Waals surface area contributed by atoms with E-state index in [4.69, 9.17) is 40.5 Å². The number of nitrogens with one attached hydrogen (secondary N) is 1. The lowest BCUT2D eigenvalue weighted by Gasteiger charge is -2.06. The zero-order valence-corrected chi connectivity index (χ0v) is 25.9. The number of esters is 2. The maximum atomic E-state index is 11.3. The van der Waals surface area contributed by atoms with Crippen LogP contribution in [0.2, 0.25) is 15.5 Å². The first-order valence-corrected chi connectivity index (χ1v) is 14.6. The van der Waals surface area contributed by atoms with Crippen LogP contribution in [0, 0.1) is 0 Å². The van der Waals surface area contributed by atoms with Gasteiger partial charge in [-0.2, -0.15) is 0 Å². The van der Waals surface area contributed by atoms with Crippen molar-refractivity contribution in [3.8, 4) is 0 Å². The number of nitrogens with two attached hydrogens (primary N) is 1. The molecule has 4 aromatic heterocycles. The summed E-state index contributed by atoms with van der Waals surface area (Å²) < 4.78 is 9.06. The number of rotatable bonds is 6. The standard InChI is InChI=1S/C12H11ClN4O2S.C7H8N2O2.C5H4Cl2N2S/c1-19-11(18)7-3-4-9(14-6-7)16-10-5-8(13)15-12(17-10)20-2;1-11-7(10)5-2-3-6(8)9-4-5;1-10-5-8-3(6)2-4(7)9-5/h3-6H,1-2H3,(H,14,15,16,17);2-4H,1H3,(H2,8,9);2H,1H3. The van der Waals surface area contributed by atoms with Gasteiger partial charge in [0.2, 0.25) is 0 Å². The Morgan fingerprint density at radius 2 is 1.22 bits per heavy atom. The van der Waals surface area contributed by atoms with Gasteiger partial charge in [-0.25, -0.2) is 39.5 Å². The summed E-state index contributed by atoms with van der Waals surface area (Å²) in [6, 6.07) is 9.47. The van der Waals surface area contributed by atoms with Crippen LogP contribution in [0.3, 0.4) is 0 Å². The number of nitrogen functional groups attached to an aromatic ring is 1. The lowest BCUT2D eigenvalue weighted by Crippen LogP contribution is -2.03. The first kappa shape index (κ1) is 33.8. The van der Waals surface area contributed by atoms with E-state index in [-0.39, 0.29) is 0 Å². The van der Waals surface area contributed by atoms with Crippen molar-refractivity contribution in [1.29, 1.82) is 0 Å². The van der Waals surface area contributed by atoms with Crippen LogP contribution in [0.1, 0.15) is 20.7 Å². The molecule has 4 rings (SSSR count). The minimum atomic E-state index is -0.432. The molecular weight excluding hydrogens is 635 g/mol. The highest BCUT2D eigenvalue weighted by Crippen LogP contribution is 2.20. The third-order valence-corrected chi connectivity index (χ3v) is 6.01. The van der Waals surface area contributed by atoms with Gasteiger partial charge in [-0.05, 0) is 36.8 Å². The van der Waals surface area contributed by atoms with E-state index in [2.05, 4.69) is 44.7 Å². The number of halogens is 3. The zero-order valence-electron chi connectivity index (χ0n) is 22.0. The number of carbonyl (C=O) groups is 2. The third kappa shape index (κ3) is 11.9. The molecule has 4 heterocycles. The molecule has 216 valence electrons. The van der Waals surface area contributed by atoms with Gasteiger partial charge in [0.15, 0.2) is 10.3 Å².